The van der Waals surface area contributed by atoms with E-state index in [0.717, 1.165) is 54.6 Å². The maximum Gasteiger partial charge on any atom is 0.234 e. The number of hydrogen-bond donors (Lipinski definition) is 1. The van der Waals surface area contributed by atoms with Crippen LogP contribution in [0.2, 0.25) is 0 Å². The highest BCUT2D eigenvalue weighted by Gasteiger charge is 2.17. The number of pyridine rings is 1. The molecule has 0 saturated carbocycles. The minimum atomic E-state index is -0.0890. The Bertz CT molecular complexity index is 1240. The van der Waals surface area contributed by atoms with Gasteiger partial charge in [0.25, 0.3) is 0 Å². The van der Waals surface area contributed by atoms with Crippen LogP contribution in [0.4, 0.5) is 11.4 Å². The fraction of sp³-hybridized carbons (Fsp3) is 0.231. The van der Waals surface area contributed by atoms with Gasteiger partial charge in [-0.15, -0.1) is 10.2 Å². The number of carbonyl (C=O) groups is 1. The topological polar surface area (TPSA) is 85.2 Å². The molecule has 3 heterocycles. The van der Waals surface area contributed by atoms with Crippen molar-refractivity contribution in [2.24, 2.45) is 0 Å². The van der Waals surface area contributed by atoms with E-state index in [9.17, 15) is 4.79 Å². The normalized spacial score (nSPS) is 13.5. The molecule has 35 heavy (non-hydrogen) atoms. The summed E-state index contributed by atoms with van der Waals surface area (Å²) in [5.74, 6) is 0.890. The predicted octanol–water partition coefficient (Wildman–Crippen LogP) is 3.96. The average Bonchev–Trinajstić information content (AvgIpc) is 3.32. The number of aromatic nitrogens is 4. The number of hydrogen-bond acceptors (Lipinski definition) is 7. The molecule has 0 spiro atoms. The van der Waals surface area contributed by atoms with Gasteiger partial charge in [-0.3, -0.25) is 14.3 Å². The van der Waals surface area contributed by atoms with Crippen LogP contribution in [-0.2, 0) is 16.1 Å². The maximum atomic E-state index is 12.7. The van der Waals surface area contributed by atoms with Crippen molar-refractivity contribution in [1.82, 2.24) is 19.7 Å². The van der Waals surface area contributed by atoms with E-state index in [1.807, 2.05) is 59.2 Å². The second kappa shape index (κ2) is 11.2. The molecule has 0 aliphatic carbocycles. The molecule has 0 bridgehead atoms. The van der Waals surface area contributed by atoms with Gasteiger partial charge in [0.15, 0.2) is 11.0 Å². The molecule has 4 aromatic rings. The van der Waals surface area contributed by atoms with E-state index in [0.29, 0.717) is 11.7 Å². The van der Waals surface area contributed by atoms with Gasteiger partial charge in [0, 0.05) is 42.4 Å². The summed E-state index contributed by atoms with van der Waals surface area (Å²) in [6.45, 7) is 3.86. The number of rotatable bonds is 8. The van der Waals surface area contributed by atoms with Gasteiger partial charge in [-0.1, -0.05) is 42.1 Å². The minimum absolute atomic E-state index is 0.0890. The number of amides is 1. The fourth-order valence-corrected chi connectivity index (χ4v) is 4.66. The molecule has 2 aromatic carbocycles. The first-order valence-corrected chi connectivity index (χ1v) is 12.5. The molecular formula is C26H26N6O2S. The van der Waals surface area contributed by atoms with Gasteiger partial charge < -0.3 is 15.0 Å². The third-order valence-electron chi connectivity index (χ3n) is 5.70. The molecule has 1 aliphatic rings. The van der Waals surface area contributed by atoms with Crippen molar-refractivity contribution in [3.63, 3.8) is 0 Å². The molecule has 178 valence electrons. The molecule has 0 unspecified atom stereocenters. The van der Waals surface area contributed by atoms with Gasteiger partial charge in [-0.2, -0.15) is 0 Å². The Labute approximate surface area is 208 Å². The first kappa shape index (κ1) is 23.1. The Morgan fingerprint density at radius 2 is 1.69 bits per heavy atom. The van der Waals surface area contributed by atoms with Gasteiger partial charge in [0.1, 0.15) is 0 Å². The highest BCUT2D eigenvalue weighted by Crippen LogP contribution is 2.25. The lowest BCUT2D eigenvalue weighted by Crippen LogP contribution is -2.36. The zero-order valence-corrected chi connectivity index (χ0v) is 20.0. The second-order valence-electron chi connectivity index (χ2n) is 8.10. The van der Waals surface area contributed by atoms with E-state index >= 15 is 0 Å². The molecule has 0 atom stereocenters. The van der Waals surface area contributed by atoms with E-state index in [4.69, 9.17) is 4.74 Å². The van der Waals surface area contributed by atoms with E-state index < -0.39 is 0 Å². The molecule has 1 N–H and O–H groups in total. The van der Waals surface area contributed by atoms with Gasteiger partial charge in [0.2, 0.25) is 5.91 Å². The summed E-state index contributed by atoms with van der Waals surface area (Å²) in [5.41, 5.74) is 3.98. The van der Waals surface area contributed by atoms with E-state index in [1.54, 1.807) is 12.4 Å². The van der Waals surface area contributed by atoms with Crippen LogP contribution < -0.4 is 10.2 Å². The quantitative estimate of drug-likeness (QED) is 0.378. The Kier molecular flexibility index (Phi) is 7.35. The third-order valence-corrected chi connectivity index (χ3v) is 6.67. The van der Waals surface area contributed by atoms with E-state index in [-0.39, 0.29) is 11.7 Å². The number of morpholine rings is 1. The molecule has 1 amide bonds. The Hall–Kier alpha value is -3.69. The van der Waals surface area contributed by atoms with Crippen LogP contribution in [0.1, 0.15) is 5.56 Å². The summed E-state index contributed by atoms with van der Waals surface area (Å²) < 4.78 is 7.46. The average molecular weight is 487 g/mol. The van der Waals surface area contributed by atoms with Crippen LogP contribution in [-0.4, -0.2) is 57.7 Å². The number of thioether (sulfide) groups is 1. The molecule has 1 saturated heterocycles. The SMILES string of the molecule is O=C(CSc1nnc(-c2ccncc2)n1Cc1ccccc1)Nc1ccc(N2CCOCC2)cc1. The zero-order valence-electron chi connectivity index (χ0n) is 19.2. The molecule has 1 fully saturated rings. The summed E-state index contributed by atoms with van der Waals surface area (Å²) >= 11 is 1.37. The smallest absolute Gasteiger partial charge is 0.234 e. The Morgan fingerprint density at radius 3 is 2.43 bits per heavy atom. The number of anilines is 2. The number of nitrogens with zero attached hydrogens (tertiary/aromatic N) is 5. The second-order valence-corrected chi connectivity index (χ2v) is 9.04. The highest BCUT2D eigenvalue weighted by molar-refractivity contribution is 7.99. The highest BCUT2D eigenvalue weighted by atomic mass is 32.2. The molecule has 9 heteroatoms. The number of nitrogens with one attached hydrogen (secondary N) is 1. The molecule has 0 radical (unpaired) electrons. The van der Waals surface area contributed by atoms with Gasteiger partial charge in [-0.05, 0) is 42.0 Å². The molecule has 1 aliphatic heterocycles. The zero-order chi connectivity index (χ0) is 23.9. The van der Waals surface area contributed by atoms with E-state index in [2.05, 4.69) is 37.5 Å². The summed E-state index contributed by atoms with van der Waals surface area (Å²) in [4.78, 5) is 19.1. The molecule has 2 aromatic heterocycles. The molecule has 8 nitrogen and oxygen atoms in total. The van der Waals surface area contributed by atoms with Crippen LogP contribution in [0.5, 0.6) is 0 Å². The van der Waals surface area contributed by atoms with Crippen LogP contribution >= 0.6 is 11.8 Å². The van der Waals surface area contributed by atoms with Crippen molar-refractivity contribution in [3.8, 4) is 11.4 Å². The summed E-state index contributed by atoms with van der Waals surface area (Å²) in [5, 5.41) is 12.5. The van der Waals surface area contributed by atoms with Crippen LogP contribution in [0.15, 0.2) is 84.3 Å². The molecular weight excluding hydrogens is 460 g/mol. The maximum absolute atomic E-state index is 12.7. The van der Waals surface area contributed by atoms with Crippen LogP contribution in [0, 0.1) is 0 Å². The Balaban J connectivity index is 1.25. The number of carbonyl (C=O) groups excluding carboxylic acids is 1. The summed E-state index contributed by atoms with van der Waals surface area (Å²) in [6.07, 6.45) is 3.48. The van der Waals surface area contributed by atoms with Gasteiger partial charge in [0.05, 0.1) is 25.5 Å². The van der Waals surface area contributed by atoms with Crippen molar-refractivity contribution in [2.45, 2.75) is 11.7 Å². The third kappa shape index (κ3) is 5.87. The van der Waals surface area contributed by atoms with E-state index in [1.165, 1.54) is 11.8 Å². The minimum Gasteiger partial charge on any atom is -0.378 e. The first-order chi connectivity index (χ1) is 17.3. The molecule has 5 rings (SSSR count). The van der Waals surface area contributed by atoms with Crippen molar-refractivity contribution in [1.29, 1.82) is 0 Å². The lowest BCUT2D eigenvalue weighted by molar-refractivity contribution is -0.113. The number of benzene rings is 2. The van der Waals surface area contributed by atoms with Crippen molar-refractivity contribution in [2.75, 3.05) is 42.3 Å². The lowest BCUT2D eigenvalue weighted by atomic mass is 10.2. The van der Waals surface area contributed by atoms with Crippen molar-refractivity contribution >= 4 is 29.0 Å². The lowest BCUT2D eigenvalue weighted by Gasteiger charge is -2.28. The summed E-state index contributed by atoms with van der Waals surface area (Å²) in [6, 6.07) is 21.9. The largest absolute Gasteiger partial charge is 0.378 e. The summed E-state index contributed by atoms with van der Waals surface area (Å²) in [7, 11) is 0. The Morgan fingerprint density at radius 1 is 0.943 bits per heavy atom. The van der Waals surface area contributed by atoms with Gasteiger partial charge >= 0.3 is 0 Å². The van der Waals surface area contributed by atoms with Crippen LogP contribution in [0.3, 0.4) is 0 Å². The fourth-order valence-electron chi connectivity index (χ4n) is 3.92. The number of ether oxygens (including phenoxy) is 1. The van der Waals surface area contributed by atoms with Gasteiger partial charge in [-0.25, -0.2) is 0 Å². The standard InChI is InChI=1S/C26H26N6O2S/c33-24(28-22-6-8-23(9-7-22)31-14-16-34-17-15-31)19-35-26-30-29-25(21-10-12-27-13-11-21)32(26)18-20-4-2-1-3-5-20/h1-13H,14-19H2,(H,28,33). The predicted molar refractivity (Wildman–Crippen MR) is 138 cm³/mol. The van der Waals surface area contributed by atoms with Crippen molar-refractivity contribution in [3.05, 3.63) is 84.7 Å². The van der Waals surface area contributed by atoms with Crippen molar-refractivity contribution < 1.29 is 9.53 Å². The van der Waals surface area contributed by atoms with Crippen LogP contribution in [0.25, 0.3) is 11.4 Å². The monoisotopic (exact) mass is 486 g/mol. The first-order valence-electron chi connectivity index (χ1n) is 11.5.